The van der Waals surface area contributed by atoms with Crippen LogP contribution in [0.5, 0.6) is 23.0 Å². The Kier molecular flexibility index (Phi) is 25.4. The van der Waals surface area contributed by atoms with Gasteiger partial charge in [0.05, 0.1) is 14.2 Å². The van der Waals surface area contributed by atoms with Gasteiger partial charge < -0.3 is 29.2 Å². The molecule has 9 heteroatoms. The summed E-state index contributed by atoms with van der Waals surface area (Å²) in [5, 5.41) is 3.10. The van der Waals surface area contributed by atoms with Gasteiger partial charge in [-0.2, -0.15) is 0 Å². The van der Waals surface area contributed by atoms with Crippen LogP contribution in [0, 0.1) is 21.7 Å². The minimum absolute atomic E-state index is 0. The van der Waals surface area contributed by atoms with Gasteiger partial charge in [0, 0.05) is 25.0 Å². The number of ether oxygens (including phenoxy) is 4. The highest BCUT2D eigenvalue weighted by atomic mass is 16.6. The van der Waals surface area contributed by atoms with Gasteiger partial charge in [-0.3, -0.25) is 14.5 Å². The number of aryl methyl sites for hydroxylation is 1. The summed E-state index contributed by atoms with van der Waals surface area (Å²) >= 11 is 0. The highest BCUT2D eigenvalue weighted by Crippen LogP contribution is 2.33. The molecule has 1 N–H and O–H groups in total. The van der Waals surface area contributed by atoms with Crippen molar-refractivity contribution in [2.24, 2.45) is 21.7 Å². The number of carbonyl (C=O) groups excluding carboxylic acids is 2. The van der Waals surface area contributed by atoms with Gasteiger partial charge in [-0.1, -0.05) is 130 Å². The molecule has 2 atom stereocenters. The van der Waals surface area contributed by atoms with Gasteiger partial charge in [0.2, 0.25) is 5.91 Å². The Balaban J connectivity index is 0. The van der Waals surface area contributed by atoms with E-state index >= 15 is 0 Å². The fourth-order valence-electron chi connectivity index (χ4n) is 6.81. The van der Waals surface area contributed by atoms with Gasteiger partial charge in [0.25, 0.3) is 5.91 Å². The van der Waals surface area contributed by atoms with E-state index in [1.807, 2.05) is 26.0 Å². The predicted molar refractivity (Wildman–Crippen MR) is 269 cm³/mol. The van der Waals surface area contributed by atoms with Gasteiger partial charge >= 0.3 is 0 Å². The van der Waals surface area contributed by atoms with E-state index in [0.29, 0.717) is 55.0 Å². The molecule has 364 valence electrons. The minimum Gasteiger partial charge on any atom is -0.493 e. The summed E-state index contributed by atoms with van der Waals surface area (Å²) in [6, 6.07) is 13.1. The molecule has 2 aliphatic rings. The lowest BCUT2D eigenvalue weighted by molar-refractivity contribution is -0.137. The molecule has 1 fully saturated rings. The standard InChI is InChI=1S/C14H29NO.C14H22O2.C13H18O2.C11H20N2O.2CH4/c1-8-11(3)15(12(4)9-2)13(16)10-14(5,6)7;1-14(2,3)9-8-11-6-7-12(15-4)13(10-11)16-5;1-13(2,3)9-10-4-5-11-12(8-10)15-7-6-14-11;1-8-12-11(5,6)9(14)13(8)7-10(2,3)4;;/h11-12H,8-10H2,1-7H3;6-7,10H,8-9H2,1-5H3;4-5,8H,6-7,9H2,1-3H3;12H,1,7H2,2-6H3;2*1H4. The molecular weight excluding hydrogens is 787 g/mol. The Labute approximate surface area is 388 Å². The highest BCUT2D eigenvalue weighted by molar-refractivity contribution is 5.90. The molecule has 4 rings (SSSR count). The Morgan fingerprint density at radius 3 is 1.68 bits per heavy atom. The zero-order chi connectivity index (χ0) is 47.1. The van der Waals surface area contributed by atoms with Crippen molar-refractivity contribution in [1.82, 2.24) is 15.1 Å². The smallest absolute Gasteiger partial charge is 0.253 e. The molecule has 0 bridgehead atoms. The number of methoxy groups -OCH3 is 2. The monoisotopic (exact) mass is 884 g/mol. The summed E-state index contributed by atoms with van der Waals surface area (Å²) in [6.07, 6.45) is 6.00. The van der Waals surface area contributed by atoms with Gasteiger partial charge in [0.1, 0.15) is 24.6 Å². The van der Waals surface area contributed by atoms with Gasteiger partial charge in [-0.15, -0.1) is 0 Å². The zero-order valence-electron chi connectivity index (χ0n) is 42.5. The van der Waals surface area contributed by atoms with E-state index in [4.69, 9.17) is 18.9 Å². The molecule has 2 aromatic carbocycles. The molecule has 0 saturated carbocycles. The lowest BCUT2D eigenvalue weighted by atomic mass is 9.88. The van der Waals surface area contributed by atoms with E-state index in [1.54, 1.807) is 19.1 Å². The predicted octanol–water partition coefficient (Wildman–Crippen LogP) is 13.6. The summed E-state index contributed by atoms with van der Waals surface area (Å²) in [7, 11) is 3.33. The highest BCUT2D eigenvalue weighted by Gasteiger charge is 2.42. The fraction of sp³-hybridized carbons (Fsp3) is 0.704. The first kappa shape index (κ1) is 61.2. The van der Waals surface area contributed by atoms with Crippen molar-refractivity contribution < 1.29 is 28.5 Å². The maximum atomic E-state index is 12.3. The number of nitrogens with one attached hydrogen (secondary N) is 1. The van der Waals surface area contributed by atoms with E-state index in [2.05, 4.69) is 152 Å². The van der Waals surface area contributed by atoms with E-state index in [0.717, 1.165) is 54.5 Å². The van der Waals surface area contributed by atoms with Crippen LogP contribution in [0.1, 0.15) is 176 Å². The molecule has 63 heavy (non-hydrogen) atoms. The van der Waals surface area contributed by atoms with Crippen molar-refractivity contribution in [2.45, 2.75) is 196 Å². The third kappa shape index (κ3) is 23.0. The molecule has 0 radical (unpaired) electrons. The number of rotatable bonds is 11. The first-order chi connectivity index (χ1) is 27.9. The maximum absolute atomic E-state index is 12.3. The molecule has 9 nitrogen and oxygen atoms in total. The molecule has 0 aromatic heterocycles. The Morgan fingerprint density at radius 1 is 0.762 bits per heavy atom. The molecule has 2 amide bonds. The number of amides is 2. The third-order valence-electron chi connectivity index (χ3n) is 10.2. The minimum atomic E-state index is -0.498. The van der Waals surface area contributed by atoms with Crippen LogP contribution in [-0.2, 0) is 22.4 Å². The second kappa shape index (κ2) is 26.2. The normalized spacial score (nSPS) is 15.2. The van der Waals surface area contributed by atoms with Crippen LogP contribution in [0.3, 0.4) is 0 Å². The first-order valence-corrected chi connectivity index (χ1v) is 22.6. The first-order valence-electron chi connectivity index (χ1n) is 22.6. The molecule has 2 unspecified atom stereocenters. The van der Waals surface area contributed by atoms with Crippen LogP contribution in [0.15, 0.2) is 48.8 Å². The lowest BCUT2D eigenvalue weighted by Gasteiger charge is -2.36. The molecule has 2 heterocycles. The lowest BCUT2D eigenvalue weighted by Crippen LogP contribution is -2.45. The maximum Gasteiger partial charge on any atom is 0.253 e. The molecule has 0 spiro atoms. The number of benzene rings is 2. The van der Waals surface area contributed by atoms with Crippen LogP contribution in [0.4, 0.5) is 0 Å². The Hall–Kier alpha value is -3.88. The summed E-state index contributed by atoms with van der Waals surface area (Å²) < 4.78 is 21.5. The van der Waals surface area contributed by atoms with Crippen LogP contribution >= 0.6 is 0 Å². The Morgan fingerprint density at radius 2 is 1.27 bits per heavy atom. The average molecular weight is 884 g/mol. The summed E-state index contributed by atoms with van der Waals surface area (Å²) in [5.74, 6) is 4.50. The second-order valence-corrected chi connectivity index (χ2v) is 22.2. The van der Waals surface area contributed by atoms with Gasteiger partial charge in [-0.25, -0.2) is 0 Å². The van der Waals surface area contributed by atoms with Crippen molar-refractivity contribution in [3.8, 4) is 23.0 Å². The quantitative estimate of drug-likeness (QED) is 0.240. The van der Waals surface area contributed by atoms with Gasteiger partial charge in [0.15, 0.2) is 23.0 Å². The van der Waals surface area contributed by atoms with Crippen LogP contribution in [0.2, 0.25) is 0 Å². The summed E-state index contributed by atoms with van der Waals surface area (Å²) in [4.78, 5) is 28.0. The van der Waals surface area contributed by atoms with E-state index < -0.39 is 5.54 Å². The van der Waals surface area contributed by atoms with Crippen LogP contribution in [-0.4, -0.2) is 73.2 Å². The molecular formula is C54H97N3O6. The van der Waals surface area contributed by atoms with Crippen molar-refractivity contribution >= 4 is 11.8 Å². The topological polar surface area (TPSA) is 89.6 Å². The average Bonchev–Trinajstić information content (AvgIpc) is 3.32. The van der Waals surface area contributed by atoms with Crippen LogP contribution in [0.25, 0.3) is 0 Å². The number of hydrogen-bond acceptors (Lipinski definition) is 7. The van der Waals surface area contributed by atoms with Crippen molar-refractivity contribution in [3.05, 3.63) is 59.9 Å². The molecule has 2 aliphatic heterocycles. The number of nitrogens with zero attached hydrogens (tertiary/aromatic N) is 2. The third-order valence-corrected chi connectivity index (χ3v) is 10.2. The van der Waals surface area contributed by atoms with Gasteiger partial charge in [-0.05, 0) is 117 Å². The number of hydrogen-bond donors (Lipinski definition) is 1. The van der Waals surface area contributed by atoms with Crippen molar-refractivity contribution in [2.75, 3.05) is 34.0 Å². The van der Waals surface area contributed by atoms with E-state index in [-0.39, 0.29) is 31.6 Å². The Bertz CT molecular complexity index is 1660. The van der Waals surface area contributed by atoms with E-state index in [1.165, 1.54) is 17.5 Å². The SMILES string of the molecule is C.C.C=C1NC(C)(C)C(=O)N1CC(C)(C)C.CC(C)(C)Cc1ccc2c(c1)OCCO2.CCC(C)N(C(=O)CC(C)(C)C)C(C)CC.COc1ccc(CCC(C)(C)C)cc1OC. The summed E-state index contributed by atoms with van der Waals surface area (Å²) in [5.41, 5.74) is 2.97. The molecule has 1 saturated heterocycles. The van der Waals surface area contributed by atoms with Crippen molar-refractivity contribution in [3.63, 3.8) is 0 Å². The largest absolute Gasteiger partial charge is 0.493 e. The fourth-order valence-corrected chi connectivity index (χ4v) is 6.81. The van der Waals surface area contributed by atoms with E-state index in [9.17, 15) is 9.59 Å². The van der Waals surface area contributed by atoms with Crippen LogP contribution < -0.4 is 24.3 Å². The zero-order valence-corrected chi connectivity index (χ0v) is 42.5. The molecule has 0 aliphatic carbocycles. The van der Waals surface area contributed by atoms with Crippen molar-refractivity contribution in [1.29, 1.82) is 0 Å². The summed E-state index contributed by atoms with van der Waals surface area (Å²) in [6.45, 7) is 44.4. The molecule has 2 aromatic rings. The number of carbonyl (C=O) groups is 2. The second-order valence-electron chi connectivity index (χ2n) is 22.2. The number of fused-ring (bicyclic) bond motifs is 1.